The molecule has 0 aliphatic heterocycles. The van der Waals surface area contributed by atoms with Crippen LogP contribution in [-0.2, 0) is 4.79 Å². The Kier molecular flexibility index (Phi) is 5.32. The number of hydrogen-bond acceptors (Lipinski definition) is 2. The highest BCUT2D eigenvalue weighted by Gasteiger charge is 2.03. The summed E-state index contributed by atoms with van der Waals surface area (Å²) < 4.78 is 1.05. The molecule has 1 aromatic carbocycles. The molecule has 1 aromatic rings. The minimum atomic E-state index is 0.175. The van der Waals surface area contributed by atoms with Gasteiger partial charge in [-0.25, -0.2) is 0 Å². The van der Waals surface area contributed by atoms with E-state index in [1.165, 1.54) is 0 Å². The third-order valence-electron chi connectivity index (χ3n) is 2.26. The lowest BCUT2D eigenvalue weighted by atomic mass is 10.2. The quantitative estimate of drug-likeness (QED) is 0.844. The third-order valence-corrected chi connectivity index (χ3v) is 2.95. The average Bonchev–Trinajstić information content (AvgIpc) is 2.26. The summed E-state index contributed by atoms with van der Waals surface area (Å²) in [6.07, 6.45) is 1.43. The molecule has 0 heterocycles. The number of carbonyl (C=O) groups excluding carboxylic acids is 1. The lowest BCUT2D eigenvalue weighted by molar-refractivity contribution is -0.128. The van der Waals surface area contributed by atoms with Crippen LogP contribution in [0.4, 0.5) is 5.69 Å². The first-order valence-electron chi connectivity index (χ1n) is 5.30. The van der Waals surface area contributed by atoms with Gasteiger partial charge in [-0.3, -0.25) is 4.79 Å². The Hall–Kier alpha value is -1.03. The van der Waals surface area contributed by atoms with Crippen molar-refractivity contribution in [2.45, 2.75) is 12.8 Å². The van der Waals surface area contributed by atoms with Crippen LogP contribution in [0.15, 0.2) is 28.7 Å². The van der Waals surface area contributed by atoms with Gasteiger partial charge in [0.05, 0.1) is 0 Å². The standard InChI is InChI=1S/C12H17BrN2O/c1-15(2)12(16)8-5-9-14-11-7-4-3-6-10(11)13/h3-4,6-7,14H,5,8-9H2,1-2H3. The van der Waals surface area contributed by atoms with Crippen molar-refractivity contribution < 1.29 is 4.79 Å². The van der Waals surface area contributed by atoms with Gasteiger partial charge in [-0.05, 0) is 34.5 Å². The fourth-order valence-corrected chi connectivity index (χ4v) is 1.72. The number of halogens is 1. The molecule has 0 saturated heterocycles. The van der Waals surface area contributed by atoms with Gasteiger partial charge in [0.1, 0.15) is 0 Å². The summed E-state index contributed by atoms with van der Waals surface area (Å²) in [5.74, 6) is 0.175. The largest absolute Gasteiger partial charge is 0.384 e. The number of benzene rings is 1. The molecule has 0 bridgehead atoms. The molecule has 0 saturated carbocycles. The zero-order valence-electron chi connectivity index (χ0n) is 9.66. The third kappa shape index (κ3) is 4.23. The number of anilines is 1. The number of para-hydroxylation sites is 1. The van der Waals surface area contributed by atoms with Crippen molar-refractivity contribution in [3.8, 4) is 0 Å². The zero-order valence-corrected chi connectivity index (χ0v) is 11.3. The van der Waals surface area contributed by atoms with E-state index in [2.05, 4.69) is 21.2 Å². The SMILES string of the molecule is CN(C)C(=O)CCCNc1ccccc1Br. The minimum Gasteiger partial charge on any atom is -0.384 e. The maximum atomic E-state index is 11.3. The molecule has 4 heteroatoms. The van der Waals surface area contributed by atoms with Crippen molar-refractivity contribution in [2.24, 2.45) is 0 Å². The van der Waals surface area contributed by atoms with Crippen LogP contribution in [0.1, 0.15) is 12.8 Å². The second-order valence-electron chi connectivity index (χ2n) is 3.80. The lowest BCUT2D eigenvalue weighted by Crippen LogP contribution is -2.22. The topological polar surface area (TPSA) is 32.3 Å². The predicted octanol–water partition coefficient (Wildman–Crippen LogP) is 2.73. The number of nitrogens with zero attached hydrogens (tertiary/aromatic N) is 1. The Labute approximate surface area is 105 Å². The van der Waals surface area contributed by atoms with E-state index >= 15 is 0 Å². The molecule has 0 unspecified atom stereocenters. The Balaban J connectivity index is 2.26. The summed E-state index contributed by atoms with van der Waals surface area (Å²) in [7, 11) is 3.56. The van der Waals surface area contributed by atoms with Crippen molar-refractivity contribution in [3.63, 3.8) is 0 Å². The van der Waals surface area contributed by atoms with E-state index in [9.17, 15) is 4.79 Å². The normalized spacial score (nSPS) is 9.94. The number of amides is 1. The summed E-state index contributed by atoms with van der Waals surface area (Å²) in [4.78, 5) is 12.9. The van der Waals surface area contributed by atoms with Crippen LogP contribution in [0.5, 0.6) is 0 Å². The molecule has 0 aromatic heterocycles. The summed E-state index contributed by atoms with van der Waals surface area (Å²) in [6.45, 7) is 0.808. The van der Waals surface area contributed by atoms with E-state index in [-0.39, 0.29) is 5.91 Å². The van der Waals surface area contributed by atoms with Crippen LogP contribution in [-0.4, -0.2) is 31.4 Å². The van der Waals surface area contributed by atoms with Crippen molar-refractivity contribution in [2.75, 3.05) is 26.0 Å². The molecule has 0 aliphatic carbocycles. The summed E-state index contributed by atoms with van der Waals surface area (Å²) >= 11 is 3.46. The molecular formula is C12H17BrN2O. The van der Waals surface area contributed by atoms with E-state index in [0.29, 0.717) is 6.42 Å². The van der Waals surface area contributed by atoms with Crippen molar-refractivity contribution in [3.05, 3.63) is 28.7 Å². The van der Waals surface area contributed by atoms with Crippen LogP contribution < -0.4 is 5.32 Å². The van der Waals surface area contributed by atoms with E-state index in [4.69, 9.17) is 0 Å². The molecule has 16 heavy (non-hydrogen) atoms. The fraction of sp³-hybridized carbons (Fsp3) is 0.417. The van der Waals surface area contributed by atoms with Crippen molar-refractivity contribution in [1.29, 1.82) is 0 Å². The number of rotatable bonds is 5. The lowest BCUT2D eigenvalue weighted by Gasteiger charge is -2.11. The Morgan fingerprint density at radius 1 is 1.38 bits per heavy atom. The van der Waals surface area contributed by atoms with Gasteiger partial charge in [-0.1, -0.05) is 12.1 Å². The molecule has 1 rings (SSSR count). The highest BCUT2D eigenvalue weighted by molar-refractivity contribution is 9.10. The highest BCUT2D eigenvalue weighted by atomic mass is 79.9. The molecular weight excluding hydrogens is 268 g/mol. The zero-order chi connectivity index (χ0) is 12.0. The number of nitrogens with one attached hydrogen (secondary N) is 1. The second kappa shape index (κ2) is 6.53. The first kappa shape index (κ1) is 13.0. The van der Waals surface area contributed by atoms with Crippen LogP contribution in [0.3, 0.4) is 0 Å². The maximum absolute atomic E-state index is 11.3. The van der Waals surface area contributed by atoms with Gasteiger partial charge in [0.25, 0.3) is 0 Å². The second-order valence-corrected chi connectivity index (χ2v) is 4.65. The molecule has 88 valence electrons. The van der Waals surface area contributed by atoms with E-state index in [1.54, 1.807) is 19.0 Å². The Morgan fingerprint density at radius 2 is 2.06 bits per heavy atom. The van der Waals surface area contributed by atoms with Crippen LogP contribution >= 0.6 is 15.9 Å². The van der Waals surface area contributed by atoms with Crippen molar-refractivity contribution in [1.82, 2.24) is 4.90 Å². The molecule has 0 spiro atoms. The number of carbonyl (C=O) groups is 1. The van der Waals surface area contributed by atoms with E-state index in [0.717, 1.165) is 23.1 Å². The van der Waals surface area contributed by atoms with Gasteiger partial charge in [0, 0.05) is 37.2 Å². The summed E-state index contributed by atoms with van der Waals surface area (Å²) in [6, 6.07) is 7.97. The molecule has 3 nitrogen and oxygen atoms in total. The average molecular weight is 285 g/mol. The monoisotopic (exact) mass is 284 g/mol. The molecule has 0 aliphatic rings. The molecule has 1 amide bonds. The van der Waals surface area contributed by atoms with Crippen LogP contribution in [0.2, 0.25) is 0 Å². The summed E-state index contributed by atoms with van der Waals surface area (Å²) in [5.41, 5.74) is 1.07. The van der Waals surface area contributed by atoms with E-state index < -0.39 is 0 Å². The fourth-order valence-electron chi connectivity index (χ4n) is 1.29. The molecule has 0 atom stereocenters. The van der Waals surface area contributed by atoms with Gasteiger partial charge < -0.3 is 10.2 Å². The van der Waals surface area contributed by atoms with Gasteiger partial charge in [0.15, 0.2) is 0 Å². The van der Waals surface area contributed by atoms with Gasteiger partial charge in [-0.2, -0.15) is 0 Å². The first-order chi connectivity index (χ1) is 7.61. The first-order valence-corrected chi connectivity index (χ1v) is 6.09. The molecule has 0 radical (unpaired) electrons. The van der Waals surface area contributed by atoms with Gasteiger partial charge in [-0.15, -0.1) is 0 Å². The summed E-state index contributed by atoms with van der Waals surface area (Å²) in [5, 5.41) is 3.29. The smallest absolute Gasteiger partial charge is 0.222 e. The predicted molar refractivity (Wildman–Crippen MR) is 70.6 cm³/mol. The van der Waals surface area contributed by atoms with Gasteiger partial charge in [0.2, 0.25) is 5.91 Å². The highest BCUT2D eigenvalue weighted by Crippen LogP contribution is 2.20. The van der Waals surface area contributed by atoms with Crippen LogP contribution in [0.25, 0.3) is 0 Å². The maximum Gasteiger partial charge on any atom is 0.222 e. The minimum absolute atomic E-state index is 0.175. The Morgan fingerprint density at radius 3 is 2.69 bits per heavy atom. The number of hydrogen-bond donors (Lipinski definition) is 1. The molecule has 1 N–H and O–H groups in total. The van der Waals surface area contributed by atoms with Crippen LogP contribution in [0, 0.1) is 0 Å². The van der Waals surface area contributed by atoms with E-state index in [1.807, 2.05) is 24.3 Å². The van der Waals surface area contributed by atoms with Crippen molar-refractivity contribution >= 4 is 27.5 Å². The Bertz CT molecular complexity index is 353. The molecule has 0 fully saturated rings. The van der Waals surface area contributed by atoms with Gasteiger partial charge >= 0.3 is 0 Å².